The lowest BCUT2D eigenvalue weighted by molar-refractivity contribution is 0.0198. The Bertz CT molecular complexity index is 204. The Kier molecular flexibility index (Phi) is 9.43. The van der Waals surface area contributed by atoms with Crippen LogP contribution in [0.25, 0.3) is 0 Å². The fraction of sp³-hybridized carbons (Fsp3) is 1.00. The quantitative estimate of drug-likeness (QED) is 0.656. The van der Waals surface area contributed by atoms with Gasteiger partial charge in [0.05, 0.1) is 26.4 Å². The molecule has 0 bridgehead atoms. The fourth-order valence-corrected chi connectivity index (χ4v) is 2.60. The van der Waals surface area contributed by atoms with Gasteiger partial charge < -0.3 is 19.9 Å². The monoisotopic (exact) mass is 273 g/mol. The van der Waals surface area contributed by atoms with Crippen LogP contribution in [0.15, 0.2) is 0 Å². The van der Waals surface area contributed by atoms with Crippen molar-refractivity contribution in [1.82, 2.24) is 0 Å². The van der Waals surface area contributed by atoms with Crippen LogP contribution >= 0.6 is 0 Å². The molecule has 1 aliphatic carbocycles. The van der Waals surface area contributed by atoms with Crippen LogP contribution in [0.5, 0.6) is 0 Å². The second-order valence-electron chi connectivity index (χ2n) is 5.60. The summed E-state index contributed by atoms with van der Waals surface area (Å²) in [5.41, 5.74) is 6.49. The summed E-state index contributed by atoms with van der Waals surface area (Å²) in [4.78, 5) is 0. The largest absolute Gasteiger partial charge is 0.382 e. The van der Waals surface area contributed by atoms with Gasteiger partial charge in [-0.25, -0.2) is 0 Å². The van der Waals surface area contributed by atoms with Crippen molar-refractivity contribution < 1.29 is 14.2 Å². The van der Waals surface area contributed by atoms with Crippen LogP contribution < -0.4 is 5.73 Å². The number of hydrogen-bond donors (Lipinski definition) is 1. The zero-order valence-corrected chi connectivity index (χ0v) is 12.5. The lowest BCUT2D eigenvalue weighted by Crippen LogP contribution is -2.41. The SMILES string of the molecule is COCCOCCOCCC1(N)CCCCCCC1. The lowest BCUT2D eigenvalue weighted by atomic mass is 9.82. The van der Waals surface area contributed by atoms with E-state index in [1.807, 2.05) is 0 Å². The first-order valence-corrected chi connectivity index (χ1v) is 7.70. The Morgan fingerprint density at radius 2 is 1.32 bits per heavy atom. The topological polar surface area (TPSA) is 53.7 Å². The molecule has 2 N–H and O–H groups in total. The van der Waals surface area contributed by atoms with Crippen molar-refractivity contribution in [2.24, 2.45) is 5.73 Å². The minimum atomic E-state index is 0.0112. The normalized spacial score (nSPS) is 19.9. The van der Waals surface area contributed by atoms with E-state index in [2.05, 4.69) is 0 Å². The molecule has 4 heteroatoms. The second-order valence-corrected chi connectivity index (χ2v) is 5.60. The molecule has 1 fully saturated rings. The summed E-state index contributed by atoms with van der Waals surface area (Å²) < 4.78 is 15.9. The third kappa shape index (κ3) is 8.58. The van der Waals surface area contributed by atoms with Gasteiger partial charge in [-0.05, 0) is 19.3 Å². The van der Waals surface area contributed by atoms with Gasteiger partial charge in [0.25, 0.3) is 0 Å². The van der Waals surface area contributed by atoms with Gasteiger partial charge in [-0.2, -0.15) is 0 Å². The molecule has 0 unspecified atom stereocenters. The highest BCUT2D eigenvalue weighted by Crippen LogP contribution is 2.26. The highest BCUT2D eigenvalue weighted by molar-refractivity contribution is 4.85. The Balaban J connectivity index is 2.00. The number of methoxy groups -OCH3 is 1. The first-order valence-electron chi connectivity index (χ1n) is 7.70. The van der Waals surface area contributed by atoms with Crippen LogP contribution in [0, 0.1) is 0 Å². The van der Waals surface area contributed by atoms with Crippen molar-refractivity contribution in [3.05, 3.63) is 0 Å². The molecule has 0 heterocycles. The highest BCUT2D eigenvalue weighted by atomic mass is 16.5. The molecule has 0 atom stereocenters. The zero-order valence-electron chi connectivity index (χ0n) is 12.5. The molecule has 4 nitrogen and oxygen atoms in total. The zero-order chi connectivity index (χ0) is 13.8. The van der Waals surface area contributed by atoms with Gasteiger partial charge in [0, 0.05) is 19.3 Å². The van der Waals surface area contributed by atoms with Crippen LogP contribution in [0.1, 0.15) is 51.4 Å². The van der Waals surface area contributed by atoms with E-state index in [0.717, 1.165) is 25.9 Å². The van der Waals surface area contributed by atoms with Crippen LogP contribution in [-0.2, 0) is 14.2 Å². The molecule has 1 saturated carbocycles. The summed E-state index contributed by atoms with van der Waals surface area (Å²) in [6.45, 7) is 3.33. The Labute approximate surface area is 118 Å². The average Bonchev–Trinajstić information content (AvgIpc) is 2.38. The predicted molar refractivity (Wildman–Crippen MR) is 77.4 cm³/mol. The molecule has 1 aliphatic rings. The summed E-state index contributed by atoms with van der Waals surface area (Å²) >= 11 is 0. The summed E-state index contributed by atoms with van der Waals surface area (Å²) in [7, 11) is 1.68. The van der Waals surface area contributed by atoms with E-state index in [-0.39, 0.29) is 5.54 Å². The van der Waals surface area contributed by atoms with Gasteiger partial charge in [-0.1, -0.05) is 32.1 Å². The van der Waals surface area contributed by atoms with Crippen molar-refractivity contribution >= 4 is 0 Å². The molecular weight excluding hydrogens is 242 g/mol. The summed E-state index contributed by atoms with van der Waals surface area (Å²) in [5, 5.41) is 0. The predicted octanol–water partition coefficient (Wildman–Crippen LogP) is 2.50. The first kappa shape index (κ1) is 16.9. The molecule has 0 aromatic carbocycles. The Hall–Kier alpha value is -0.160. The minimum Gasteiger partial charge on any atom is -0.382 e. The highest BCUT2D eigenvalue weighted by Gasteiger charge is 2.24. The molecule has 114 valence electrons. The molecule has 0 aliphatic heterocycles. The second kappa shape index (κ2) is 10.6. The smallest absolute Gasteiger partial charge is 0.0701 e. The molecule has 0 saturated heterocycles. The number of nitrogens with two attached hydrogens (primary N) is 1. The minimum absolute atomic E-state index is 0.0112. The number of rotatable bonds is 9. The van der Waals surface area contributed by atoms with Gasteiger partial charge in [0.15, 0.2) is 0 Å². The summed E-state index contributed by atoms with van der Waals surface area (Å²) in [6.07, 6.45) is 9.89. The van der Waals surface area contributed by atoms with Crippen LogP contribution in [-0.4, -0.2) is 45.7 Å². The van der Waals surface area contributed by atoms with Crippen LogP contribution in [0.3, 0.4) is 0 Å². The average molecular weight is 273 g/mol. The fourth-order valence-electron chi connectivity index (χ4n) is 2.60. The van der Waals surface area contributed by atoms with Crippen molar-refractivity contribution in [3.63, 3.8) is 0 Å². The molecule has 19 heavy (non-hydrogen) atoms. The van der Waals surface area contributed by atoms with E-state index in [9.17, 15) is 0 Å². The molecule has 0 spiro atoms. The van der Waals surface area contributed by atoms with Crippen LogP contribution in [0.2, 0.25) is 0 Å². The maximum Gasteiger partial charge on any atom is 0.0701 e. The van der Waals surface area contributed by atoms with E-state index >= 15 is 0 Å². The van der Waals surface area contributed by atoms with E-state index in [1.165, 1.54) is 32.1 Å². The Morgan fingerprint density at radius 1 is 0.789 bits per heavy atom. The Morgan fingerprint density at radius 3 is 1.95 bits per heavy atom. The molecule has 1 rings (SSSR count). The van der Waals surface area contributed by atoms with Crippen molar-refractivity contribution in [2.45, 2.75) is 56.9 Å². The van der Waals surface area contributed by atoms with E-state index in [1.54, 1.807) is 7.11 Å². The standard InChI is InChI=1S/C15H31NO3/c1-17-11-12-19-14-13-18-10-9-15(16)7-5-3-2-4-6-8-15/h2-14,16H2,1H3. The summed E-state index contributed by atoms with van der Waals surface area (Å²) in [5.74, 6) is 0. The maximum atomic E-state index is 6.48. The van der Waals surface area contributed by atoms with Crippen LogP contribution in [0.4, 0.5) is 0 Å². The first-order chi connectivity index (χ1) is 9.27. The van der Waals surface area contributed by atoms with Gasteiger partial charge in [0.1, 0.15) is 0 Å². The lowest BCUT2D eigenvalue weighted by Gasteiger charge is -2.31. The van der Waals surface area contributed by atoms with Gasteiger partial charge in [-0.15, -0.1) is 0 Å². The van der Waals surface area contributed by atoms with Crippen molar-refractivity contribution in [2.75, 3.05) is 40.1 Å². The molecule has 0 amide bonds. The maximum absolute atomic E-state index is 6.48. The number of ether oxygens (including phenoxy) is 3. The van der Waals surface area contributed by atoms with Gasteiger partial charge in [-0.3, -0.25) is 0 Å². The summed E-state index contributed by atoms with van der Waals surface area (Å²) in [6, 6.07) is 0. The number of hydrogen-bond acceptors (Lipinski definition) is 4. The molecule has 0 aromatic rings. The molecular formula is C15H31NO3. The van der Waals surface area contributed by atoms with Crippen molar-refractivity contribution in [3.8, 4) is 0 Å². The van der Waals surface area contributed by atoms with Crippen molar-refractivity contribution in [1.29, 1.82) is 0 Å². The molecule has 0 aromatic heterocycles. The third-order valence-corrected chi connectivity index (χ3v) is 3.90. The molecule has 0 radical (unpaired) electrons. The van der Waals surface area contributed by atoms with E-state index < -0.39 is 0 Å². The third-order valence-electron chi connectivity index (χ3n) is 3.90. The van der Waals surface area contributed by atoms with Gasteiger partial charge >= 0.3 is 0 Å². The van der Waals surface area contributed by atoms with E-state index in [0.29, 0.717) is 26.4 Å². The van der Waals surface area contributed by atoms with Gasteiger partial charge in [0.2, 0.25) is 0 Å². The van der Waals surface area contributed by atoms with E-state index in [4.69, 9.17) is 19.9 Å².